The molecule has 0 radical (unpaired) electrons. The summed E-state index contributed by atoms with van der Waals surface area (Å²) in [5.41, 5.74) is 0.815. The van der Waals surface area contributed by atoms with Gasteiger partial charge in [0.2, 0.25) is 0 Å². The number of nitrogens with zero attached hydrogens (tertiary/aromatic N) is 2. The molecular weight excluding hydrogens is 285 g/mol. The summed E-state index contributed by atoms with van der Waals surface area (Å²) in [5, 5.41) is 18.7. The summed E-state index contributed by atoms with van der Waals surface area (Å²) in [4.78, 5) is 0. The fourth-order valence-corrected chi connectivity index (χ4v) is 1.70. The van der Waals surface area contributed by atoms with Gasteiger partial charge in [0.15, 0.2) is 11.5 Å². The van der Waals surface area contributed by atoms with E-state index >= 15 is 0 Å². The summed E-state index contributed by atoms with van der Waals surface area (Å²) in [6, 6.07) is 5.72. The molecule has 1 heterocycles. The first-order chi connectivity index (χ1) is 9.51. The van der Waals surface area contributed by atoms with Crippen molar-refractivity contribution in [3.63, 3.8) is 0 Å². The van der Waals surface area contributed by atoms with E-state index in [1.807, 2.05) is 13.8 Å². The number of amidine groups is 1. The predicted molar refractivity (Wildman–Crippen MR) is 73.9 cm³/mol. The maximum atomic E-state index is 13.1. The SMILES string of the molecule is CC(C)c1cc(/C(=N\O)Nc2ccc(F)c(Cl)c2)no1. The second-order valence-electron chi connectivity index (χ2n) is 4.47. The lowest BCUT2D eigenvalue weighted by molar-refractivity contribution is 0.318. The van der Waals surface area contributed by atoms with Crippen LogP contribution >= 0.6 is 11.6 Å². The van der Waals surface area contributed by atoms with E-state index in [2.05, 4.69) is 15.6 Å². The number of benzene rings is 1. The number of aromatic nitrogens is 1. The second-order valence-corrected chi connectivity index (χ2v) is 4.88. The van der Waals surface area contributed by atoms with E-state index in [-0.39, 0.29) is 16.8 Å². The molecule has 7 heteroatoms. The molecule has 2 rings (SSSR count). The van der Waals surface area contributed by atoms with Gasteiger partial charge in [-0.25, -0.2) is 4.39 Å². The van der Waals surface area contributed by atoms with Gasteiger partial charge in [0, 0.05) is 17.7 Å². The number of nitrogens with one attached hydrogen (secondary N) is 1. The third-order valence-corrected chi connectivity index (χ3v) is 2.91. The Labute approximate surface area is 120 Å². The Bertz CT molecular complexity index is 640. The molecule has 0 unspecified atom stereocenters. The minimum Gasteiger partial charge on any atom is -0.409 e. The highest BCUT2D eigenvalue weighted by Gasteiger charge is 2.14. The van der Waals surface area contributed by atoms with Crippen molar-refractivity contribution in [2.45, 2.75) is 19.8 Å². The molecule has 2 N–H and O–H groups in total. The first kappa shape index (κ1) is 14.3. The van der Waals surface area contributed by atoms with E-state index in [1.165, 1.54) is 18.2 Å². The van der Waals surface area contributed by atoms with Crippen LogP contribution in [0.4, 0.5) is 10.1 Å². The summed E-state index contributed by atoms with van der Waals surface area (Å²) in [6.45, 7) is 3.90. The van der Waals surface area contributed by atoms with Gasteiger partial charge >= 0.3 is 0 Å². The fraction of sp³-hybridized carbons (Fsp3) is 0.231. The summed E-state index contributed by atoms with van der Waals surface area (Å²) < 4.78 is 18.2. The van der Waals surface area contributed by atoms with Gasteiger partial charge in [-0.15, -0.1) is 0 Å². The Hall–Kier alpha value is -2.08. The highest BCUT2D eigenvalue weighted by molar-refractivity contribution is 6.31. The minimum absolute atomic E-state index is 0.0321. The van der Waals surface area contributed by atoms with Crippen molar-refractivity contribution in [2.24, 2.45) is 5.16 Å². The highest BCUT2D eigenvalue weighted by atomic mass is 35.5. The standard InChI is InChI=1S/C13H13ClFN3O2/c1-7(2)12-6-11(18-20-12)13(17-19)16-8-3-4-10(15)9(14)5-8/h3-7,19H,1-2H3,(H,16,17). The average Bonchev–Trinajstić information content (AvgIpc) is 2.89. The topological polar surface area (TPSA) is 70.7 Å². The van der Waals surface area contributed by atoms with E-state index < -0.39 is 5.82 Å². The molecule has 20 heavy (non-hydrogen) atoms. The van der Waals surface area contributed by atoms with Crippen LogP contribution in [0, 0.1) is 5.82 Å². The third kappa shape index (κ3) is 3.08. The molecule has 1 aromatic carbocycles. The maximum absolute atomic E-state index is 13.1. The fourth-order valence-electron chi connectivity index (χ4n) is 1.52. The number of hydrogen-bond donors (Lipinski definition) is 2. The number of rotatable bonds is 3. The smallest absolute Gasteiger partial charge is 0.199 e. The van der Waals surface area contributed by atoms with Crippen LogP contribution in [-0.4, -0.2) is 16.2 Å². The van der Waals surface area contributed by atoms with Crippen LogP contribution in [0.2, 0.25) is 5.02 Å². The minimum atomic E-state index is -0.525. The summed E-state index contributed by atoms with van der Waals surface area (Å²) >= 11 is 5.68. The zero-order valence-corrected chi connectivity index (χ0v) is 11.6. The predicted octanol–water partition coefficient (Wildman–Crippen LogP) is 3.84. The van der Waals surface area contributed by atoms with Crippen LogP contribution in [0.1, 0.15) is 31.2 Å². The summed E-state index contributed by atoms with van der Waals surface area (Å²) in [5.74, 6) is 0.392. The van der Waals surface area contributed by atoms with E-state index in [9.17, 15) is 4.39 Å². The van der Waals surface area contributed by atoms with E-state index in [0.29, 0.717) is 17.1 Å². The summed E-state index contributed by atoms with van der Waals surface area (Å²) in [6.07, 6.45) is 0. The molecule has 0 aliphatic heterocycles. The van der Waals surface area contributed by atoms with Crippen molar-refractivity contribution in [2.75, 3.05) is 5.32 Å². The van der Waals surface area contributed by atoms with Gasteiger partial charge in [0.1, 0.15) is 11.6 Å². The first-order valence-corrected chi connectivity index (χ1v) is 6.30. The Morgan fingerprint density at radius 3 is 2.75 bits per heavy atom. The van der Waals surface area contributed by atoms with Gasteiger partial charge in [0.05, 0.1) is 5.02 Å². The number of oxime groups is 1. The van der Waals surface area contributed by atoms with Gasteiger partial charge < -0.3 is 15.0 Å². The van der Waals surface area contributed by atoms with Gasteiger partial charge in [-0.2, -0.15) is 0 Å². The van der Waals surface area contributed by atoms with Gasteiger partial charge in [-0.05, 0) is 18.2 Å². The Morgan fingerprint density at radius 2 is 2.20 bits per heavy atom. The van der Waals surface area contributed by atoms with Gasteiger partial charge in [-0.1, -0.05) is 35.8 Å². The van der Waals surface area contributed by atoms with Crippen molar-refractivity contribution in [1.82, 2.24) is 5.16 Å². The van der Waals surface area contributed by atoms with Crippen molar-refractivity contribution >= 4 is 23.1 Å². The molecule has 0 spiro atoms. The zero-order chi connectivity index (χ0) is 14.7. The molecule has 0 bridgehead atoms. The number of anilines is 1. The quantitative estimate of drug-likeness (QED) is 0.391. The van der Waals surface area contributed by atoms with E-state index in [4.69, 9.17) is 21.3 Å². The Balaban J connectivity index is 2.22. The highest BCUT2D eigenvalue weighted by Crippen LogP contribution is 2.21. The van der Waals surface area contributed by atoms with Gasteiger partial charge in [0.25, 0.3) is 0 Å². The molecule has 0 aliphatic rings. The van der Waals surface area contributed by atoms with Crippen LogP contribution in [0.3, 0.4) is 0 Å². The largest absolute Gasteiger partial charge is 0.409 e. The molecular formula is C13H13ClFN3O2. The maximum Gasteiger partial charge on any atom is 0.199 e. The Kier molecular flexibility index (Phi) is 4.24. The lowest BCUT2D eigenvalue weighted by Crippen LogP contribution is -2.14. The molecule has 0 atom stereocenters. The van der Waals surface area contributed by atoms with E-state index in [1.54, 1.807) is 6.07 Å². The molecule has 5 nitrogen and oxygen atoms in total. The van der Waals surface area contributed by atoms with Crippen LogP contribution in [0.5, 0.6) is 0 Å². The molecule has 0 aliphatic carbocycles. The number of hydrogen-bond acceptors (Lipinski definition) is 4. The van der Waals surface area contributed by atoms with Crippen molar-refractivity contribution in [1.29, 1.82) is 0 Å². The molecule has 0 saturated heterocycles. The first-order valence-electron chi connectivity index (χ1n) is 5.92. The van der Waals surface area contributed by atoms with E-state index in [0.717, 1.165) is 0 Å². The lowest BCUT2D eigenvalue weighted by atomic mass is 10.1. The van der Waals surface area contributed by atoms with Crippen molar-refractivity contribution in [3.05, 3.63) is 46.6 Å². The zero-order valence-electron chi connectivity index (χ0n) is 10.9. The number of halogens is 2. The molecule has 0 saturated carbocycles. The van der Waals surface area contributed by atoms with Crippen LogP contribution < -0.4 is 5.32 Å². The summed E-state index contributed by atoms with van der Waals surface area (Å²) in [7, 11) is 0. The third-order valence-electron chi connectivity index (χ3n) is 2.62. The second kappa shape index (κ2) is 5.92. The van der Waals surface area contributed by atoms with Crippen molar-refractivity contribution in [3.8, 4) is 0 Å². The van der Waals surface area contributed by atoms with Crippen molar-refractivity contribution < 1.29 is 14.1 Å². The monoisotopic (exact) mass is 297 g/mol. The molecule has 0 fully saturated rings. The van der Waals surface area contributed by atoms with Crippen LogP contribution in [-0.2, 0) is 0 Å². The normalized spacial score (nSPS) is 11.9. The lowest BCUT2D eigenvalue weighted by Gasteiger charge is -2.06. The van der Waals surface area contributed by atoms with Crippen LogP contribution in [0.25, 0.3) is 0 Å². The average molecular weight is 298 g/mol. The molecule has 0 amide bonds. The van der Waals surface area contributed by atoms with Crippen LogP contribution in [0.15, 0.2) is 33.9 Å². The molecule has 2 aromatic rings. The molecule has 1 aromatic heterocycles. The van der Waals surface area contributed by atoms with Gasteiger partial charge in [-0.3, -0.25) is 0 Å². The molecule has 106 valence electrons. The Morgan fingerprint density at radius 1 is 1.45 bits per heavy atom.